The Morgan fingerprint density at radius 2 is 0.705 bits per heavy atom. The first-order valence-corrected chi connectivity index (χ1v) is 23.1. The van der Waals surface area contributed by atoms with Crippen molar-refractivity contribution in [1.29, 1.82) is 0 Å². The molecular weight excluding hydrogens is 761 g/mol. The molecule has 0 aliphatic carbocycles. The number of aliphatic imine (C=N–C) groups is 2. The van der Waals surface area contributed by atoms with Crippen LogP contribution in [-0.4, -0.2) is 50.8 Å². The Hall–Kier alpha value is -5.24. The number of benzene rings is 4. The summed E-state index contributed by atoms with van der Waals surface area (Å²) in [7, 11) is 0. The first-order chi connectivity index (χ1) is 30.0. The van der Waals surface area contributed by atoms with Gasteiger partial charge in [-0.3, -0.25) is 9.98 Å². The van der Waals surface area contributed by atoms with E-state index in [2.05, 4.69) is 23.8 Å². The Labute approximate surface area is 366 Å². The minimum absolute atomic E-state index is 0.301. The highest BCUT2D eigenvalue weighted by Gasteiger charge is 2.09. The SMILES string of the molecule is CCCCCCCCCCOc1ccc(N=Cc2ccc(C(=O)OCCCCCOC(=O)c3ccc(C=Nc4ccc(OCCCCCCCCCC)cc4)cc3)cc2)cc1. The topological polar surface area (TPSA) is 95.8 Å². The molecule has 0 atom stereocenters. The summed E-state index contributed by atoms with van der Waals surface area (Å²) in [5.74, 6) is 0.998. The first-order valence-electron chi connectivity index (χ1n) is 23.1. The molecule has 61 heavy (non-hydrogen) atoms. The van der Waals surface area contributed by atoms with Gasteiger partial charge in [-0.25, -0.2) is 9.59 Å². The van der Waals surface area contributed by atoms with Crippen molar-refractivity contribution in [1.82, 2.24) is 0 Å². The lowest BCUT2D eigenvalue weighted by Gasteiger charge is -2.07. The van der Waals surface area contributed by atoms with E-state index in [4.69, 9.17) is 18.9 Å². The quantitative estimate of drug-likeness (QED) is 0.0276. The van der Waals surface area contributed by atoms with Crippen molar-refractivity contribution < 1.29 is 28.5 Å². The smallest absolute Gasteiger partial charge is 0.338 e. The number of esters is 2. The highest BCUT2D eigenvalue weighted by atomic mass is 16.5. The highest BCUT2D eigenvalue weighted by molar-refractivity contribution is 5.92. The molecule has 4 aromatic rings. The molecular formula is C53H70N2O6. The van der Waals surface area contributed by atoms with Crippen LogP contribution in [0.4, 0.5) is 11.4 Å². The molecule has 0 saturated carbocycles. The Kier molecular flexibility index (Phi) is 24.4. The maximum atomic E-state index is 12.6. The first kappa shape index (κ1) is 48.4. The number of hydrogen-bond donors (Lipinski definition) is 0. The number of hydrogen-bond acceptors (Lipinski definition) is 8. The molecule has 0 saturated heterocycles. The third kappa shape index (κ3) is 21.2. The third-order valence-electron chi connectivity index (χ3n) is 10.5. The molecule has 0 aliphatic heterocycles. The van der Waals surface area contributed by atoms with Crippen LogP contribution in [-0.2, 0) is 9.47 Å². The monoisotopic (exact) mass is 831 g/mol. The molecule has 328 valence electrons. The Bertz CT molecular complexity index is 1680. The molecule has 0 aliphatic rings. The van der Waals surface area contributed by atoms with Gasteiger partial charge in [-0.15, -0.1) is 0 Å². The second-order valence-electron chi connectivity index (χ2n) is 15.7. The van der Waals surface area contributed by atoms with E-state index in [1.165, 1.54) is 89.9 Å². The van der Waals surface area contributed by atoms with E-state index >= 15 is 0 Å². The number of ether oxygens (including phenoxy) is 4. The summed E-state index contributed by atoms with van der Waals surface area (Å²) in [6, 6.07) is 30.0. The lowest BCUT2D eigenvalue weighted by atomic mass is 10.1. The molecule has 4 rings (SSSR count). The summed E-state index contributed by atoms with van der Waals surface area (Å²) in [6.07, 6.45) is 26.2. The van der Waals surface area contributed by atoms with Gasteiger partial charge in [0.05, 0.1) is 48.9 Å². The van der Waals surface area contributed by atoms with Crippen molar-refractivity contribution in [3.05, 3.63) is 119 Å². The third-order valence-corrected chi connectivity index (χ3v) is 10.5. The molecule has 8 nitrogen and oxygen atoms in total. The Morgan fingerprint density at radius 3 is 1.07 bits per heavy atom. The molecule has 0 spiro atoms. The van der Waals surface area contributed by atoms with Crippen molar-refractivity contribution >= 4 is 35.7 Å². The predicted octanol–water partition coefficient (Wildman–Crippen LogP) is 14.4. The van der Waals surface area contributed by atoms with E-state index in [1.54, 1.807) is 36.7 Å². The van der Waals surface area contributed by atoms with Gasteiger partial charge < -0.3 is 18.9 Å². The summed E-state index contributed by atoms with van der Waals surface area (Å²) >= 11 is 0. The summed E-state index contributed by atoms with van der Waals surface area (Å²) in [4.78, 5) is 34.2. The highest BCUT2D eigenvalue weighted by Crippen LogP contribution is 2.21. The fraction of sp³-hybridized carbons (Fsp3) is 0.472. The van der Waals surface area contributed by atoms with Crippen LogP contribution in [0.15, 0.2) is 107 Å². The average molecular weight is 831 g/mol. The Balaban J connectivity index is 1.02. The van der Waals surface area contributed by atoms with Crippen LogP contribution < -0.4 is 9.47 Å². The van der Waals surface area contributed by atoms with Gasteiger partial charge in [0.25, 0.3) is 0 Å². The zero-order valence-corrected chi connectivity index (χ0v) is 37.0. The second kappa shape index (κ2) is 30.7. The van der Waals surface area contributed by atoms with Gasteiger partial charge in [0.1, 0.15) is 11.5 Å². The molecule has 0 amide bonds. The van der Waals surface area contributed by atoms with Crippen molar-refractivity contribution in [2.24, 2.45) is 9.98 Å². The molecule has 0 radical (unpaired) electrons. The van der Waals surface area contributed by atoms with Crippen molar-refractivity contribution in [3.8, 4) is 11.5 Å². The summed E-state index contributed by atoms with van der Waals surface area (Å²) < 4.78 is 22.7. The van der Waals surface area contributed by atoms with Crippen LogP contribution in [0.5, 0.6) is 11.5 Å². The maximum Gasteiger partial charge on any atom is 0.338 e. The number of unbranched alkanes of at least 4 members (excludes halogenated alkanes) is 16. The average Bonchev–Trinajstić information content (AvgIpc) is 3.29. The van der Waals surface area contributed by atoms with E-state index in [1.807, 2.05) is 72.8 Å². The summed E-state index contributed by atoms with van der Waals surface area (Å²) in [5, 5.41) is 0. The number of carbonyl (C=O) groups is 2. The van der Waals surface area contributed by atoms with E-state index < -0.39 is 0 Å². The van der Waals surface area contributed by atoms with Crippen molar-refractivity contribution in [2.45, 2.75) is 136 Å². The van der Waals surface area contributed by atoms with Crippen molar-refractivity contribution in [3.63, 3.8) is 0 Å². The molecule has 0 fully saturated rings. The van der Waals surface area contributed by atoms with Crippen LogP contribution in [0.2, 0.25) is 0 Å². The minimum atomic E-state index is -0.363. The molecule has 8 heteroatoms. The molecule has 0 heterocycles. The maximum absolute atomic E-state index is 12.6. The standard InChI is InChI=1S/C53H70N2O6/c1-3-5-7-9-11-13-15-18-38-58-50-34-30-48(31-35-50)54-42-44-22-26-46(27-23-44)52(56)60-40-20-17-21-41-61-53(57)47-28-24-45(25-29-47)43-55-49-32-36-51(37-33-49)59-39-19-16-14-12-10-8-6-4-2/h22-37,42-43H,3-21,38-41H2,1-2H3. The van der Waals surface area contributed by atoms with E-state index in [9.17, 15) is 9.59 Å². The molecule has 0 N–H and O–H groups in total. The predicted molar refractivity (Wildman–Crippen MR) is 251 cm³/mol. The Morgan fingerprint density at radius 1 is 0.393 bits per heavy atom. The number of carbonyl (C=O) groups excluding carboxylic acids is 2. The van der Waals surface area contributed by atoms with Crippen LogP contribution in [0.25, 0.3) is 0 Å². The largest absolute Gasteiger partial charge is 0.494 e. The van der Waals surface area contributed by atoms with Gasteiger partial charge in [0, 0.05) is 12.4 Å². The van der Waals surface area contributed by atoms with Gasteiger partial charge in [-0.05, 0) is 116 Å². The minimum Gasteiger partial charge on any atom is -0.494 e. The summed E-state index contributed by atoms with van der Waals surface area (Å²) in [6.45, 7) is 6.59. The fourth-order valence-electron chi connectivity index (χ4n) is 6.69. The zero-order valence-electron chi connectivity index (χ0n) is 37.0. The summed E-state index contributed by atoms with van der Waals surface area (Å²) in [5.41, 5.74) is 4.42. The van der Waals surface area contributed by atoms with Crippen LogP contribution in [0, 0.1) is 0 Å². The molecule has 0 unspecified atom stereocenters. The number of nitrogens with zero attached hydrogens (tertiary/aromatic N) is 2. The van der Waals surface area contributed by atoms with Gasteiger partial charge >= 0.3 is 11.9 Å². The molecule has 4 aromatic carbocycles. The van der Waals surface area contributed by atoms with Crippen LogP contribution >= 0.6 is 0 Å². The zero-order chi connectivity index (χ0) is 43.0. The van der Waals surface area contributed by atoms with E-state index in [-0.39, 0.29) is 11.9 Å². The van der Waals surface area contributed by atoms with Crippen LogP contribution in [0.1, 0.15) is 168 Å². The molecule has 0 aromatic heterocycles. The van der Waals surface area contributed by atoms with Gasteiger partial charge in [0.15, 0.2) is 0 Å². The second-order valence-corrected chi connectivity index (χ2v) is 15.7. The van der Waals surface area contributed by atoms with Gasteiger partial charge in [-0.1, -0.05) is 128 Å². The fourth-order valence-corrected chi connectivity index (χ4v) is 6.69. The molecule has 0 bridgehead atoms. The normalized spacial score (nSPS) is 11.3. The van der Waals surface area contributed by atoms with E-state index in [0.29, 0.717) is 37.2 Å². The van der Waals surface area contributed by atoms with E-state index in [0.717, 1.165) is 66.5 Å². The van der Waals surface area contributed by atoms with Gasteiger partial charge in [0.2, 0.25) is 0 Å². The van der Waals surface area contributed by atoms with Crippen LogP contribution in [0.3, 0.4) is 0 Å². The van der Waals surface area contributed by atoms with Crippen molar-refractivity contribution in [2.75, 3.05) is 26.4 Å². The number of rotatable bonds is 32. The van der Waals surface area contributed by atoms with Gasteiger partial charge in [-0.2, -0.15) is 0 Å². The lowest BCUT2D eigenvalue weighted by Crippen LogP contribution is -2.08. The lowest BCUT2D eigenvalue weighted by molar-refractivity contribution is 0.0478.